The number of rotatable bonds is 7. The highest BCUT2D eigenvalue weighted by Crippen LogP contribution is 2.22. The van der Waals surface area contributed by atoms with Crippen LogP contribution in [0.5, 0.6) is 0 Å². The molecule has 0 spiro atoms. The predicted molar refractivity (Wildman–Crippen MR) is 134 cm³/mol. The highest BCUT2D eigenvalue weighted by Gasteiger charge is 2.21. The lowest BCUT2D eigenvalue weighted by molar-refractivity contribution is -0.122. The Bertz CT molecular complexity index is 725. The summed E-state index contributed by atoms with van der Waals surface area (Å²) in [6, 6.07) is 6.49. The molecular weight excluding hydrogens is 402 g/mol. The standard InChI is InChI=1S/C18H27N3O2.C6H10O.C2H6/c1-3-8-19-18(23)12-21-9-6-16(7-10-21)20-17-5-4-14(2)11-15(17)13-22;1-5-2-3-6(7)4-5;1-2/h3-5,11,16,20,22H,1,6-10,12-13H2,2H3,(H,19,23);4,6-7H,2-3H2,1H3;1-2H3. The van der Waals surface area contributed by atoms with Gasteiger partial charge in [0.15, 0.2) is 0 Å². The number of nitrogens with one attached hydrogen (secondary N) is 2. The lowest BCUT2D eigenvalue weighted by Gasteiger charge is -2.32. The molecule has 0 bridgehead atoms. The Balaban J connectivity index is 0.000000477. The largest absolute Gasteiger partial charge is 0.392 e. The Hall–Kier alpha value is -2.15. The van der Waals surface area contributed by atoms with Gasteiger partial charge < -0.3 is 20.8 Å². The van der Waals surface area contributed by atoms with E-state index in [1.165, 1.54) is 5.57 Å². The van der Waals surface area contributed by atoms with Crippen LogP contribution in [0.25, 0.3) is 0 Å². The molecule has 1 aromatic rings. The molecule has 180 valence electrons. The average molecular weight is 446 g/mol. The summed E-state index contributed by atoms with van der Waals surface area (Å²) in [5.41, 5.74) is 4.43. The van der Waals surface area contributed by atoms with E-state index in [2.05, 4.69) is 35.1 Å². The molecule has 1 fully saturated rings. The van der Waals surface area contributed by atoms with Crippen molar-refractivity contribution in [2.24, 2.45) is 0 Å². The monoisotopic (exact) mass is 445 g/mol. The highest BCUT2D eigenvalue weighted by molar-refractivity contribution is 5.78. The van der Waals surface area contributed by atoms with Crippen LogP contribution in [0.4, 0.5) is 5.69 Å². The molecule has 3 rings (SSSR count). The van der Waals surface area contributed by atoms with Crippen LogP contribution in [-0.4, -0.2) is 59.3 Å². The number of aliphatic hydroxyl groups is 2. The van der Waals surface area contributed by atoms with Gasteiger partial charge in [-0.1, -0.05) is 49.3 Å². The lowest BCUT2D eigenvalue weighted by atomic mass is 10.0. The minimum atomic E-state index is -0.139. The van der Waals surface area contributed by atoms with E-state index in [0.29, 0.717) is 19.1 Å². The fourth-order valence-corrected chi connectivity index (χ4v) is 3.77. The second-order valence-electron chi connectivity index (χ2n) is 8.23. The van der Waals surface area contributed by atoms with Crippen molar-refractivity contribution in [3.63, 3.8) is 0 Å². The number of hydrogen-bond acceptors (Lipinski definition) is 5. The zero-order valence-electron chi connectivity index (χ0n) is 20.4. The van der Waals surface area contributed by atoms with Gasteiger partial charge in [0.1, 0.15) is 0 Å². The van der Waals surface area contributed by atoms with E-state index in [-0.39, 0.29) is 18.6 Å². The third-order valence-electron chi connectivity index (χ3n) is 5.50. The smallest absolute Gasteiger partial charge is 0.234 e. The minimum Gasteiger partial charge on any atom is -0.392 e. The van der Waals surface area contributed by atoms with E-state index >= 15 is 0 Å². The first-order chi connectivity index (χ1) is 15.4. The third-order valence-corrected chi connectivity index (χ3v) is 5.50. The van der Waals surface area contributed by atoms with Crippen molar-refractivity contribution in [1.82, 2.24) is 10.2 Å². The van der Waals surface area contributed by atoms with Gasteiger partial charge in [0.2, 0.25) is 5.91 Å². The van der Waals surface area contributed by atoms with Crippen LogP contribution in [0.3, 0.4) is 0 Å². The summed E-state index contributed by atoms with van der Waals surface area (Å²) in [5.74, 6) is 0.0532. The predicted octanol–water partition coefficient (Wildman–Crippen LogP) is 3.78. The van der Waals surface area contributed by atoms with Crippen molar-refractivity contribution in [2.45, 2.75) is 72.1 Å². The van der Waals surface area contributed by atoms with E-state index < -0.39 is 0 Å². The summed E-state index contributed by atoms with van der Waals surface area (Å²) < 4.78 is 0. The molecule has 0 saturated carbocycles. The van der Waals surface area contributed by atoms with Crippen LogP contribution in [-0.2, 0) is 11.4 Å². The topological polar surface area (TPSA) is 84.8 Å². The van der Waals surface area contributed by atoms with Crippen LogP contribution in [0.2, 0.25) is 0 Å². The van der Waals surface area contributed by atoms with E-state index in [4.69, 9.17) is 5.11 Å². The number of benzene rings is 1. The number of aliphatic hydroxyl groups excluding tert-OH is 2. The first-order valence-electron chi connectivity index (χ1n) is 11.8. The maximum atomic E-state index is 11.7. The number of nitrogens with zero attached hydrogens (tertiary/aromatic N) is 1. The summed E-state index contributed by atoms with van der Waals surface area (Å²) >= 11 is 0. The van der Waals surface area contributed by atoms with E-state index in [1.807, 2.05) is 39.0 Å². The van der Waals surface area contributed by atoms with Crippen LogP contribution >= 0.6 is 0 Å². The molecule has 4 N–H and O–H groups in total. The molecule has 2 aliphatic rings. The molecular formula is C26H43N3O3. The van der Waals surface area contributed by atoms with Gasteiger partial charge in [-0.15, -0.1) is 6.58 Å². The Kier molecular flexibility index (Phi) is 13.6. The fourth-order valence-electron chi connectivity index (χ4n) is 3.77. The molecule has 1 saturated heterocycles. The van der Waals surface area contributed by atoms with E-state index in [0.717, 1.165) is 55.6 Å². The quantitative estimate of drug-likeness (QED) is 0.480. The molecule has 1 aromatic carbocycles. The van der Waals surface area contributed by atoms with Gasteiger partial charge in [0, 0.05) is 36.9 Å². The molecule has 1 aliphatic carbocycles. The van der Waals surface area contributed by atoms with Crippen molar-refractivity contribution < 1.29 is 15.0 Å². The number of allylic oxidation sites excluding steroid dienone is 1. The minimum absolute atomic E-state index is 0.0479. The summed E-state index contributed by atoms with van der Waals surface area (Å²) in [7, 11) is 0. The SMILES string of the molecule is C=CCNC(=O)CN1CCC(Nc2ccc(C)cc2CO)CC1.CC.CC1=CC(O)CC1. The first kappa shape index (κ1) is 27.9. The molecule has 1 atom stereocenters. The van der Waals surface area contributed by atoms with Gasteiger partial charge in [-0.25, -0.2) is 0 Å². The molecule has 1 aliphatic heterocycles. The van der Waals surface area contributed by atoms with E-state index in [1.54, 1.807) is 6.08 Å². The number of carbonyl (C=O) groups excluding carboxylic acids is 1. The maximum absolute atomic E-state index is 11.7. The second kappa shape index (κ2) is 15.6. The van der Waals surface area contributed by atoms with Crippen molar-refractivity contribution in [2.75, 3.05) is 31.5 Å². The molecule has 1 heterocycles. The Morgan fingerprint density at radius 1 is 1.22 bits per heavy atom. The van der Waals surface area contributed by atoms with Crippen LogP contribution < -0.4 is 10.6 Å². The zero-order valence-corrected chi connectivity index (χ0v) is 20.4. The number of anilines is 1. The number of amides is 1. The molecule has 32 heavy (non-hydrogen) atoms. The third kappa shape index (κ3) is 10.4. The number of carbonyl (C=O) groups is 1. The molecule has 0 aromatic heterocycles. The van der Waals surface area contributed by atoms with Gasteiger partial charge in [-0.2, -0.15) is 0 Å². The molecule has 6 heteroatoms. The van der Waals surface area contributed by atoms with Crippen LogP contribution in [0, 0.1) is 6.92 Å². The van der Waals surface area contributed by atoms with Crippen molar-refractivity contribution in [3.05, 3.63) is 53.6 Å². The first-order valence-corrected chi connectivity index (χ1v) is 11.8. The summed E-state index contributed by atoms with van der Waals surface area (Å²) in [6.45, 7) is 14.5. The fraction of sp³-hybridized carbons (Fsp3) is 0.577. The number of aryl methyl sites for hydroxylation is 1. The van der Waals surface area contributed by atoms with Crippen molar-refractivity contribution in [3.8, 4) is 0 Å². The summed E-state index contributed by atoms with van der Waals surface area (Å²) in [6.07, 6.45) is 7.47. The molecule has 1 unspecified atom stereocenters. The normalized spacial score (nSPS) is 18.4. The van der Waals surface area contributed by atoms with Crippen LogP contribution in [0.1, 0.15) is 57.6 Å². The van der Waals surface area contributed by atoms with Crippen molar-refractivity contribution in [1.29, 1.82) is 0 Å². The van der Waals surface area contributed by atoms with Crippen LogP contribution in [0.15, 0.2) is 42.5 Å². The molecule has 0 radical (unpaired) electrons. The molecule has 6 nitrogen and oxygen atoms in total. The van der Waals surface area contributed by atoms with Gasteiger partial charge in [-0.05, 0) is 45.6 Å². The number of hydrogen-bond donors (Lipinski definition) is 4. The van der Waals surface area contributed by atoms with Gasteiger partial charge in [0.05, 0.1) is 19.3 Å². The second-order valence-corrected chi connectivity index (χ2v) is 8.23. The Morgan fingerprint density at radius 3 is 2.41 bits per heavy atom. The highest BCUT2D eigenvalue weighted by atomic mass is 16.3. The van der Waals surface area contributed by atoms with Crippen molar-refractivity contribution >= 4 is 11.6 Å². The maximum Gasteiger partial charge on any atom is 0.234 e. The van der Waals surface area contributed by atoms with E-state index in [9.17, 15) is 9.90 Å². The Morgan fingerprint density at radius 2 is 1.91 bits per heavy atom. The van der Waals surface area contributed by atoms with Gasteiger partial charge in [-0.3, -0.25) is 9.69 Å². The van der Waals surface area contributed by atoms with Gasteiger partial charge >= 0.3 is 0 Å². The Labute approximate surface area is 194 Å². The summed E-state index contributed by atoms with van der Waals surface area (Å²) in [4.78, 5) is 13.9. The molecule has 1 amide bonds. The lowest BCUT2D eigenvalue weighted by Crippen LogP contribution is -2.44. The van der Waals surface area contributed by atoms with Gasteiger partial charge in [0.25, 0.3) is 0 Å². The number of piperidine rings is 1. The summed E-state index contributed by atoms with van der Waals surface area (Å²) in [5, 5.41) is 24.7. The average Bonchev–Trinajstić information content (AvgIpc) is 3.19. The number of likely N-dealkylation sites (tertiary alicyclic amines) is 1. The zero-order chi connectivity index (χ0) is 23.9.